The molecule has 10 heteroatoms. The first-order valence-corrected chi connectivity index (χ1v) is 8.86. The van der Waals surface area contributed by atoms with E-state index >= 15 is 0 Å². The van der Waals surface area contributed by atoms with Crippen molar-refractivity contribution in [3.63, 3.8) is 0 Å². The van der Waals surface area contributed by atoms with Gasteiger partial charge >= 0.3 is 5.97 Å². The summed E-state index contributed by atoms with van der Waals surface area (Å²) in [7, 11) is 0. The highest BCUT2D eigenvalue weighted by atomic mass is 16.6. The normalized spacial score (nSPS) is 12.5. The summed E-state index contributed by atoms with van der Waals surface area (Å²) in [4.78, 5) is 60.0. The minimum absolute atomic E-state index is 0.0152. The standard InChI is InChI=1S/C20H17N3O7/c1-11-7-8-15(23(28)29)18(12(11)2)21-16(24)10-30-17(25)9-22-19(26)13-5-3-4-6-14(13)20(22)27/h3-8H,9-10H2,1-2H3,(H,21,24). The molecular formula is C20H17N3O7. The van der Waals surface area contributed by atoms with Crippen LogP contribution in [0, 0.1) is 24.0 Å². The number of nitrogens with zero attached hydrogens (tertiary/aromatic N) is 2. The van der Waals surface area contributed by atoms with Crippen LogP contribution in [0.4, 0.5) is 11.4 Å². The summed E-state index contributed by atoms with van der Waals surface area (Å²) in [6, 6.07) is 8.99. The van der Waals surface area contributed by atoms with E-state index in [1.54, 1.807) is 32.0 Å². The highest BCUT2D eigenvalue weighted by Gasteiger charge is 2.36. The van der Waals surface area contributed by atoms with Crippen molar-refractivity contribution in [2.24, 2.45) is 0 Å². The van der Waals surface area contributed by atoms with Gasteiger partial charge in [-0.2, -0.15) is 0 Å². The van der Waals surface area contributed by atoms with E-state index in [2.05, 4.69) is 5.32 Å². The van der Waals surface area contributed by atoms with Gasteiger partial charge in [0, 0.05) is 6.07 Å². The minimum atomic E-state index is -0.963. The van der Waals surface area contributed by atoms with Gasteiger partial charge in [0.15, 0.2) is 6.61 Å². The lowest BCUT2D eigenvalue weighted by atomic mass is 10.1. The lowest BCUT2D eigenvalue weighted by Crippen LogP contribution is -2.36. The number of carbonyl (C=O) groups excluding carboxylic acids is 4. The van der Waals surface area contributed by atoms with E-state index in [0.717, 1.165) is 10.5 Å². The smallest absolute Gasteiger partial charge is 0.326 e. The van der Waals surface area contributed by atoms with E-state index in [1.807, 2.05) is 0 Å². The predicted octanol–water partition coefficient (Wildman–Crippen LogP) is 1.99. The van der Waals surface area contributed by atoms with Crippen molar-refractivity contribution in [3.8, 4) is 0 Å². The summed E-state index contributed by atoms with van der Waals surface area (Å²) < 4.78 is 4.84. The number of anilines is 1. The highest BCUT2D eigenvalue weighted by molar-refractivity contribution is 6.22. The molecule has 0 aliphatic carbocycles. The van der Waals surface area contributed by atoms with E-state index in [9.17, 15) is 29.3 Å². The van der Waals surface area contributed by atoms with E-state index < -0.39 is 41.8 Å². The number of amides is 3. The number of rotatable bonds is 6. The molecule has 30 heavy (non-hydrogen) atoms. The second kappa shape index (κ2) is 8.11. The van der Waals surface area contributed by atoms with E-state index in [1.165, 1.54) is 18.2 Å². The summed E-state index contributed by atoms with van der Waals surface area (Å²) in [6.07, 6.45) is 0. The number of carbonyl (C=O) groups is 4. The van der Waals surface area contributed by atoms with Crippen LogP contribution in [0.15, 0.2) is 36.4 Å². The summed E-state index contributed by atoms with van der Waals surface area (Å²) >= 11 is 0. The Morgan fingerprint density at radius 3 is 2.23 bits per heavy atom. The van der Waals surface area contributed by atoms with Crippen LogP contribution in [-0.2, 0) is 14.3 Å². The van der Waals surface area contributed by atoms with Crippen molar-refractivity contribution >= 4 is 35.1 Å². The molecule has 0 aromatic heterocycles. The van der Waals surface area contributed by atoms with Crippen molar-refractivity contribution in [3.05, 3.63) is 68.8 Å². The zero-order chi connectivity index (χ0) is 22.0. The number of nitro groups is 1. The van der Waals surface area contributed by atoms with Crippen LogP contribution < -0.4 is 5.32 Å². The molecular weight excluding hydrogens is 394 g/mol. The van der Waals surface area contributed by atoms with Crippen LogP contribution in [0.2, 0.25) is 0 Å². The third-order valence-electron chi connectivity index (χ3n) is 4.70. The lowest BCUT2D eigenvalue weighted by molar-refractivity contribution is -0.384. The predicted molar refractivity (Wildman–Crippen MR) is 104 cm³/mol. The van der Waals surface area contributed by atoms with Gasteiger partial charge in [-0.25, -0.2) is 0 Å². The number of hydrogen-bond donors (Lipinski definition) is 1. The Balaban J connectivity index is 1.61. The van der Waals surface area contributed by atoms with Crippen LogP contribution in [0.25, 0.3) is 0 Å². The molecule has 2 aromatic carbocycles. The Bertz CT molecular complexity index is 1060. The molecule has 1 N–H and O–H groups in total. The fraction of sp³-hybridized carbons (Fsp3) is 0.200. The number of aryl methyl sites for hydroxylation is 1. The topological polar surface area (TPSA) is 136 Å². The molecule has 0 atom stereocenters. The van der Waals surface area contributed by atoms with Crippen LogP contribution in [0.5, 0.6) is 0 Å². The molecule has 0 spiro atoms. The Kier molecular flexibility index (Phi) is 5.58. The molecule has 154 valence electrons. The summed E-state index contributed by atoms with van der Waals surface area (Å²) in [5.41, 5.74) is 1.35. The summed E-state index contributed by atoms with van der Waals surface area (Å²) in [5, 5.41) is 13.6. The molecule has 3 rings (SSSR count). The second-order valence-electron chi connectivity index (χ2n) is 6.61. The molecule has 1 heterocycles. The van der Waals surface area contributed by atoms with Crippen molar-refractivity contribution < 1.29 is 28.8 Å². The quantitative estimate of drug-likeness (QED) is 0.332. The summed E-state index contributed by atoms with van der Waals surface area (Å²) in [6.45, 7) is 1.97. The van der Waals surface area contributed by atoms with Crippen LogP contribution >= 0.6 is 0 Å². The monoisotopic (exact) mass is 411 g/mol. The Labute approximate surface area is 170 Å². The molecule has 1 aliphatic heterocycles. The van der Waals surface area contributed by atoms with Gasteiger partial charge in [-0.3, -0.25) is 34.2 Å². The summed E-state index contributed by atoms with van der Waals surface area (Å²) in [5.74, 6) is -3.00. The zero-order valence-corrected chi connectivity index (χ0v) is 16.1. The number of ether oxygens (including phenoxy) is 1. The van der Waals surface area contributed by atoms with Crippen molar-refractivity contribution in [1.29, 1.82) is 0 Å². The van der Waals surface area contributed by atoms with Crippen LogP contribution in [0.3, 0.4) is 0 Å². The molecule has 3 amide bonds. The average molecular weight is 411 g/mol. The molecule has 0 fully saturated rings. The zero-order valence-electron chi connectivity index (χ0n) is 16.1. The SMILES string of the molecule is Cc1ccc([N+](=O)[O-])c(NC(=O)COC(=O)CN2C(=O)c3ccccc3C2=O)c1C. The molecule has 0 saturated carbocycles. The molecule has 0 saturated heterocycles. The van der Waals surface area contributed by atoms with Gasteiger partial charge in [0.25, 0.3) is 23.4 Å². The van der Waals surface area contributed by atoms with Crippen LogP contribution in [-0.4, -0.2) is 46.7 Å². The molecule has 0 bridgehead atoms. The van der Waals surface area contributed by atoms with Gasteiger partial charge in [-0.15, -0.1) is 0 Å². The van der Waals surface area contributed by atoms with Crippen molar-refractivity contribution in [1.82, 2.24) is 4.90 Å². The first kappa shape index (κ1) is 20.6. The molecule has 0 unspecified atom stereocenters. The number of hydrogen-bond acceptors (Lipinski definition) is 7. The van der Waals surface area contributed by atoms with Gasteiger partial charge in [0.05, 0.1) is 16.1 Å². The Morgan fingerprint density at radius 2 is 1.67 bits per heavy atom. The first-order valence-electron chi connectivity index (χ1n) is 8.86. The number of nitrogens with one attached hydrogen (secondary N) is 1. The third-order valence-corrected chi connectivity index (χ3v) is 4.70. The maximum Gasteiger partial charge on any atom is 0.326 e. The average Bonchev–Trinajstić information content (AvgIpc) is 2.95. The third kappa shape index (κ3) is 3.88. The van der Waals surface area contributed by atoms with Gasteiger partial charge in [0.1, 0.15) is 12.2 Å². The van der Waals surface area contributed by atoms with Crippen LogP contribution in [0.1, 0.15) is 31.8 Å². The van der Waals surface area contributed by atoms with Gasteiger partial charge in [-0.05, 0) is 37.1 Å². The first-order chi connectivity index (χ1) is 14.2. The van der Waals surface area contributed by atoms with E-state index in [0.29, 0.717) is 5.56 Å². The highest BCUT2D eigenvalue weighted by Crippen LogP contribution is 2.30. The van der Waals surface area contributed by atoms with Gasteiger partial charge in [0.2, 0.25) is 0 Å². The van der Waals surface area contributed by atoms with Crippen molar-refractivity contribution in [2.45, 2.75) is 13.8 Å². The number of fused-ring (bicyclic) bond motifs is 1. The largest absolute Gasteiger partial charge is 0.454 e. The Morgan fingerprint density at radius 1 is 1.07 bits per heavy atom. The number of imide groups is 1. The van der Waals surface area contributed by atoms with Gasteiger partial charge in [-0.1, -0.05) is 18.2 Å². The number of nitro benzene ring substituents is 1. The number of benzene rings is 2. The van der Waals surface area contributed by atoms with E-state index in [4.69, 9.17) is 4.74 Å². The van der Waals surface area contributed by atoms with Crippen molar-refractivity contribution in [2.75, 3.05) is 18.5 Å². The molecule has 0 radical (unpaired) electrons. The van der Waals surface area contributed by atoms with E-state index in [-0.39, 0.29) is 22.5 Å². The number of esters is 1. The fourth-order valence-corrected chi connectivity index (χ4v) is 2.99. The Hall–Kier alpha value is -4.08. The fourth-order valence-electron chi connectivity index (χ4n) is 2.99. The molecule has 2 aromatic rings. The molecule has 10 nitrogen and oxygen atoms in total. The maximum absolute atomic E-state index is 12.2. The lowest BCUT2D eigenvalue weighted by Gasteiger charge is -2.14. The van der Waals surface area contributed by atoms with Gasteiger partial charge < -0.3 is 10.1 Å². The molecule has 1 aliphatic rings. The maximum atomic E-state index is 12.2. The second-order valence-corrected chi connectivity index (χ2v) is 6.61. The minimum Gasteiger partial charge on any atom is -0.454 e.